The molecule has 1 N–H and O–H groups in total. The number of nitrogens with one attached hydrogen (secondary N) is 1. The first-order valence-electron chi connectivity index (χ1n) is 9.68. The first-order chi connectivity index (χ1) is 12.2. The maximum atomic E-state index is 13.2. The van der Waals surface area contributed by atoms with Gasteiger partial charge in [0.1, 0.15) is 0 Å². The molecule has 0 bridgehead atoms. The van der Waals surface area contributed by atoms with Crippen molar-refractivity contribution >= 4 is 30.7 Å². The van der Waals surface area contributed by atoms with Gasteiger partial charge in [0.15, 0.2) is 0 Å². The average Bonchev–Trinajstić information content (AvgIpc) is 3.15. The van der Waals surface area contributed by atoms with Crippen LogP contribution in [-0.2, 0) is 4.79 Å². The fourth-order valence-electron chi connectivity index (χ4n) is 4.79. The molecular weight excluding hydrogens is 383 g/mol. The molecule has 4 rings (SSSR count). The molecule has 3 atom stereocenters. The van der Waals surface area contributed by atoms with Crippen LogP contribution in [0.25, 0.3) is 0 Å². The van der Waals surface area contributed by atoms with Crippen molar-refractivity contribution in [3.05, 3.63) is 35.9 Å². The quantitative estimate of drug-likeness (QED) is 0.819. The first-order valence-corrected chi connectivity index (χ1v) is 9.68. The molecule has 0 unspecified atom stereocenters. The third-order valence-electron chi connectivity index (χ3n) is 6.20. The number of likely N-dealkylation sites (N-methyl/N-ethyl adjacent to an activating group) is 1. The van der Waals surface area contributed by atoms with E-state index in [1.54, 1.807) is 0 Å². The van der Waals surface area contributed by atoms with Crippen molar-refractivity contribution < 1.29 is 4.79 Å². The molecule has 3 aliphatic rings. The van der Waals surface area contributed by atoms with Crippen LogP contribution in [0.3, 0.4) is 0 Å². The lowest BCUT2D eigenvalue weighted by molar-refractivity contribution is -0.133. The lowest BCUT2D eigenvalue weighted by Crippen LogP contribution is -2.42. The van der Waals surface area contributed by atoms with Gasteiger partial charge in [-0.1, -0.05) is 30.3 Å². The SMILES string of the molecule is CN1CCCN(CC(=O)N2C[C@@H]3CNC[C@@H]3[C@@H]2c2ccccc2)CC1.Cl.Cl. The highest BCUT2D eigenvalue weighted by atomic mass is 35.5. The van der Waals surface area contributed by atoms with Crippen molar-refractivity contribution in [2.24, 2.45) is 11.8 Å². The maximum Gasteiger partial charge on any atom is 0.237 e. The van der Waals surface area contributed by atoms with Gasteiger partial charge >= 0.3 is 0 Å². The Labute approximate surface area is 175 Å². The molecule has 0 aliphatic carbocycles. The number of hydrogen-bond acceptors (Lipinski definition) is 4. The van der Waals surface area contributed by atoms with Gasteiger partial charge in [0.05, 0.1) is 12.6 Å². The van der Waals surface area contributed by atoms with Gasteiger partial charge in [-0.3, -0.25) is 9.69 Å². The van der Waals surface area contributed by atoms with E-state index in [-0.39, 0.29) is 30.9 Å². The topological polar surface area (TPSA) is 38.8 Å². The van der Waals surface area contributed by atoms with E-state index in [9.17, 15) is 4.79 Å². The number of amides is 1. The largest absolute Gasteiger partial charge is 0.334 e. The Morgan fingerprint density at radius 2 is 1.85 bits per heavy atom. The predicted octanol–water partition coefficient (Wildman–Crippen LogP) is 1.89. The standard InChI is InChI=1S/C20H30N4O.2ClH/c1-22-8-5-9-23(11-10-22)15-19(25)24-14-17-12-21-13-18(17)20(24)16-6-3-2-4-7-16;;/h2-4,6-7,17-18,20-21H,5,8-15H2,1H3;2*1H/t17-,18-,20-;;/m0../s1. The molecule has 3 aliphatic heterocycles. The second kappa shape index (κ2) is 10.1. The first kappa shape index (κ1) is 22.4. The highest BCUT2D eigenvalue weighted by Crippen LogP contribution is 2.42. The van der Waals surface area contributed by atoms with Gasteiger partial charge < -0.3 is 15.1 Å². The summed E-state index contributed by atoms with van der Waals surface area (Å²) >= 11 is 0. The maximum absolute atomic E-state index is 13.2. The molecule has 1 aromatic rings. The van der Waals surface area contributed by atoms with Crippen LogP contribution in [0.15, 0.2) is 30.3 Å². The van der Waals surface area contributed by atoms with E-state index in [4.69, 9.17) is 0 Å². The molecule has 1 aromatic carbocycles. The minimum Gasteiger partial charge on any atom is -0.334 e. The van der Waals surface area contributed by atoms with Crippen LogP contribution in [-0.4, -0.2) is 80.0 Å². The summed E-state index contributed by atoms with van der Waals surface area (Å²) < 4.78 is 0. The summed E-state index contributed by atoms with van der Waals surface area (Å²) in [6.07, 6.45) is 1.15. The number of likely N-dealkylation sites (tertiary alicyclic amines) is 1. The van der Waals surface area contributed by atoms with Crippen molar-refractivity contribution in [1.82, 2.24) is 20.0 Å². The number of carbonyl (C=O) groups is 1. The Balaban J connectivity index is 0.00000131. The molecule has 1 amide bonds. The van der Waals surface area contributed by atoms with Gasteiger partial charge in [-0.2, -0.15) is 0 Å². The lowest BCUT2D eigenvalue weighted by Gasteiger charge is -2.30. The number of fused-ring (bicyclic) bond motifs is 1. The van der Waals surface area contributed by atoms with Crippen molar-refractivity contribution in [2.75, 3.05) is 59.4 Å². The summed E-state index contributed by atoms with van der Waals surface area (Å²) in [6, 6.07) is 10.9. The fourth-order valence-corrected chi connectivity index (χ4v) is 4.79. The van der Waals surface area contributed by atoms with Crippen LogP contribution in [0.1, 0.15) is 18.0 Å². The summed E-state index contributed by atoms with van der Waals surface area (Å²) in [7, 11) is 2.17. The molecule has 3 heterocycles. The Kier molecular flexibility index (Phi) is 8.38. The van der Waals surface area contributed by atoms with Crippen LogP contribution < -0.4 is 5.32 Å². The third kappa shape index (κ3) is 4.96. The van der Waals surface area contributed by atoms with Crippen LogP contribution in [0.2, 0.25) is 0 Å². The van der Waals surface area contributed by atoms with E-state index in [1.807, 2.05) is 0 Å². The minimum absolute atomic E-state index is 0. The number of halogens is 2. The number of hydrogen-bond donors (Lipinski definition) is 1. The number of carbonyl (C=O) groups excluding carboxylic acids is 1. The summed E-state index contributed by atoms with van der Waals surface area (Å²) in [6.45, 7) is 7.79. The van der Waals surface area contributed by atoms with Gasteiger partial charge in [0, 0.05) is 38.6 Å². The number of nitrogens with zero attached hydrogens (tertiary/aromatic N) is 3. The van der Waals surface area contributed by atoms with Crippen molar-refractivity contribution in [3.63, 3.8) is 0 Å². The molecule has 3 saturated heterocycles. The molecular formula is C20H32Cl2N4O. The minimum atomic E-state index is 0. The third-order valence-corrected chi connectivity index (χ3v) is 6.20. The van der Waals surface area contributed by atoms with Gasteiger partial charge in [-0.15, -0.1) is 24.8 Å². The fraction of sp³-hybridized carbons (Fsp3) is 0.650. The molecule has 0 saturated carbocycles. The normalized spacial score (nSPS) is 28.8. The lowest BCUT2D eigenvalue weighted by atomic mass is 9.89. The zero-order chi connectivity index (χ0) is 17.2. The Morgan fingerprint density at radius 3 is 2.63 bits per heavy atom. The van der Waals surface area contributed by atoms with Gasteiger partial charge in [0.25, 0.3) is 0 Å². The van der Waals surface area contributed by atoms with Crippen LogP contribution >= 0.6 is 24.8 Å². The molecule has 3 fully saturated rings. The van der Waals surface area contributed by atoms with E-state index in [2.05, 4.69) is 57.4 Å². The van der Waals surface area contributed by atoms with Gasteiger partial charge in [0.2, 0.25) is 5.91 Å². The van der Waals surface area contributed by atoms with Gasteiger partial charge in [-0.25, -0.2) is 0 Å². The Bertz CT molecular complexity index is 603. The smallest absolute Gasteiger partial charge is 0.237 e. The van der Waals surface area contributed by atoms with Crippen molar-refractivity contribution in [3.8, 4) is 0 Å². The van der Waals surface area contributed by atoms with E-state index in [0.717, 1.165) is 52.2 Å². The Morgan fingerprint density at radius 1 is 1.07 bits per heavy atom. The van der Waals surface area contributed by atoms with E-state index in [0.29, 0.717) is 24.3 Å². The van der Waals surface area contributed by atoms with Crippen LogP contribution in [0.4, 0.5) is 0 Å². The summed E-state index contributed by atoms with van der Waals surface area (Å²) in [5, 5.41) is 3.52. The monoisotopic (exact) mass is 414 g/mol. The molecule has 27 heavy (non-hydrogen) atoms. The Hall–Kier alpha value is -0.850. The van der Waals surface area contributed by atoms with E-state index >= 15 is 0 Å². The highest BCUT2D eigenvalue weighted by molar-refractivity contribution is 5.85. The molecule has 5 nitrogen and oxygen atoms in total. The summed E-state index contributed by atoms with van der Waals surface area (Å²) in [5.41, 5.74) is 1.29. The van der Waals surface area contributed by atoms with Crippen LogP contribution in [0.5, 0.6) is 0 Å². The molecule has 152 valence electrons. The molecule has 0 aromatic heterocycles. The zero-order valence-corrected chi connectivity index (χ0v) is 17.7. The number of rotatable bonds is 3. The van der Waals surface area contributed by atoms with E-state index in [1.165, 1.54) is 5.56 Å². The second-order valence-corrected chi connectivity index (χ2v) is 7.92. The predicted molar refractivity (Wildman–Crippen MR) is 114 cm³/mol. The van der Waals surface area contributed by atoms with Crippen molar-refractivity contribution in [2.45, 2.75) is 12.5 Å². The molecule has 0 spiro atoms. The molecule has 7 heteroatoms. The van der Waals surface area contributed by atoms with Gasteiger partial charge in [-0.05, 0) is 38.0 Å². The molecule has 0 radical (unpaired) electrons. The summed E-state index contributed by atoms with van der Waals surface area (Å²) in [5.74, 6) is 1.47. The average molecular weight is 415 g/mol. The number of benzene rings is 1. The second-order valence-electron chi connectivity index (χ2n) is 7.92. The highest BCUT2D eigenvalue weighted by Gasteiger charge is 2.46. The summed E-state index contributed by atoms with van der Waals surface area (Å²) in [4.78, 5) is 20.1. The van der Waals surface area contributed by atoms with E-state index < -0.39 is 0 Å². The zero-order valence-electron chi connectivity index (χ0n) is 16.0. The van der Waals surface area contributed by atoms with Crippen LogP contribution in [0, 0.1) is 11.8 Å². The van der Waals surface area contributed by atoms with Crippen molar-refractivity contribution in [1.29, 1.82) is 0 Å².